The van der Waals surface area contributed by atoms with Crippen molar-refractivity contribution in [2.45, 2.75) is 84.3 Å². The maximum Gasteiger partial charge on any atom is 0.310 e. The number of benzene rings is 1. The lowest BCUT2D eigenvalue weighted by atomic mass is 9.59. The van der Waals surface area contributed by atoms with Crippen LogP contribution in [0.2, 0.25) is 0 Å². The Balaban J connectivity index is 1.22. The van der Waals surface area contributed by atoms with Gasteiger partial charge in [-0.15, -0.1) is 0 Å². The predicted molar refractivity (Wildman–Crippen MR) is 127 cm³/mol. The molecule has 0 amide bonds. The summed E-state index contributed by atoms with van der Waals surface area (Å²) in [6.07, 6.45) is 9.36. The van der Waals surface area contributed by atoms with Crippen LogP contribution in [0.25, 0.3) is 10.9 Å². The molecule has 1 aromatic heterocycles. The number of H-pyrrole nitrogens is 1. The summed E-state index contributed by atoms with van der Waals surface area (Å²) in [5.74, 6) is 0.333. The maximum atomic E-state index is 12.9. The van der Waals surface area contributed by atoms with Crippen molar-refractivity contribution in [3.63, 3.8) is 0 Å². The summed E-state index contributed by atoms with van der Waals surface area (Å²) in [6, 6.07) is 6.99. The standard InChI is InChI=1S/C28H36N2O2/c1-16-9-10-23-19(12-16)18-7-4-8-24(26(18)30-23)29-15-21-20-13-22-17(2)6-5-11-28(22,3)14-25(20)32-27(21)31/h9-10,12,20-21,24-25,29-30H,4-8,11,13-15H2,1-3H3/t20-,21+,24-,25-,28-/m1/s1. The van der Waals surface area contributed by atoms with E-state index in [0.717, 1.165) is 32.2 Å². The molecule has 4 heteroatoms. The Morgan fingerprint density at radius 3 is 2.97 bits per heavy atom. The number of allylic oxidation sites excluding steroid dienone is 2. The van der Waals surface area contributed by atoms with Crippen LogP contribution in [0.15, 0.2) is 29.3 Å². The number of esters is 1. The van der Waals surface area contributed by atoms with Crippen LogP contribution >= 0.6 is 0 Å². The van der Waals surface area contributed by atoms with E-state index in [9.17, 15) is 4.79 Å². The van der Waals surface area contributed by atoms with E-state index in [1.807, 2.05) is 0 Å². The van der Waals surface area contributed by atoms with Crippen LogP contribution in [0, 0.1) is 24.2 Å². The Labute approximate surface area is 191 Å². The molecule has 1 saturated carbocycles. The highest BCUT2D eigenvalue weighted by molar-refractivity contribution is 5.85. The molecule has 0 bridgehead atoms. The Morgan fingerprint density at radius 2 is 2.09 bits per heavy atom. The van der Waals surface area contributed by atoms with Gasteiger partial charge in [0, 0.05) is 35.1 Å². The number of aromatic nitrogens is 1. The first kappa shape index (κ1) is 20.5. The smallest absolute Gasteiger partial charge is 0.310 e. The van der Waals surface area contributed by atoms with Crippen molar-refractivity contribution < 1.29 is 9.53 Å². The lowest BCUT2D eigenvalue weighted by molar-refractivity contribution is -0.145. The van der Waals surface area contributed by atoms with Gasteiger partial charge in [0.1, 0.15) is 6.10 Å². The largest absolute Gasteiger partial charge is 0.462 e. The molecule has 4 aliphatic rings. The van der Waals surface area contributed by atoms with Crippen LogP contribution in [0.4, 0.5) is 0 Å². The van der Waals surface area contributed by atoms with E-state index in [-0.39, 0.29) is 23.4 Å². The molecule has 2 aromatic rings. The van der Waals surface area contributed by atoms with Crippen LogP contribution < -0.4 is 5.32 Å². The SMILES string of the molecule is CC1=C2C[C@@H]3[C@H](CN[C@@H]4CCCc5c4[nH]c4ccc(C)cc54)C(=O)O[C@@H]3C[C@@]2(C)CCC1. The van der Waals surface area contributed by atoms with Crippen molar-refractivity contribution >= 4 is 16.9 Å². The van der Waals surface area contributed by atoms with Gasteiger partial charge in [0.05, 0.1) is 5.92 Å². The van der Waals surface area contributed by atoms with Gasteiger partial charge in [-0.3, -0.25) is 4.79 Å². The van der Waals surface area contributed by atoms with Crippen LogP contribution in [0.1, 0.15) is 81.7 Å². The minimum absolute atomic E-state index is 0.0243. The van der Waals surface area contributed by atoms with Crippen molar-refractivity contribution in [2.24, 2.45) is 17.3 Å². The maximum absolute atomic E-state index is 12.9. The third-order valence-electron chi connectivity index (χ3n) is 9.13. The van der Waals surface area contributed by atoms with Crippen LogP contribution in [-0.4, -0.2) is 23.6 Å². The second-order valence-corrected chi connectivity index (χ2v) is 11.2. The molecule has 6 rings (SSSR count). The molecular weight excluding hydrogens is 396 g/mol. The van der Waals surface area contributed by atoms with Crippen LogP contribution in [0.5, 0.6) is 0 Å². The number of carbonyl (C=O) groups excluding carboxylic acids is 1. The monoisotopic (exact) mass is 432 g/mol. The Bertz CT molecular complexity index is 1110. The van der Waals surface area contributed by atoms with E-state index in [0.29, 0.717) is 12.0 Å². The van der Waals surface area contributed by atoms with E-state index in [1.165, 1.54) is 53.4 Å². The zero-order chi connectivity index (χ0) is 22.0. The van der Waals surface area contributed by atoms with E-state index in [4.69, 9.17) is 4.74 Å². The summed E-state index contributed by atoms with van der Waals surface area (Å²) in [6.45, 7) is 7.61. The molecule has 5 atom stereocenters. The quantitative estimate of drug-likeness (QED) is 0.469. The predicted octanol–water partition coefficient (Wildman–Crippen LogP) is 5.90. The summed E-state index contributed by atoms with van der Waals surface area (Å²) in [7, 11) is 0. The summed E-state index contributed by atoms with van der Waals surface area (Å²) in [5, 5.41) is 5.18. The topological polar surface area (TPSA) is 54.1 Å². The minimum Gasteiger partial charge on any atom is -0.462 e. The lowest BCUT2D eigenvalue weighted by Gasteiger charge is -2.45. The highest BCUT2D eigenvalue weighted by Gasteiger charge is 2.52. The number of fused-ring (bicyclic) bond motifs is 5. The van der Waals surface area contributed by atoms with Gasteiger partial charge in [-0.25, -0.2) is 0 Å². The number of rotatable bonds is 3. The van der Waals surface area contributed by atoms with Gasteiger partial charge >= 0.3 is 5.97 Å². The van der Waals surface area contributed by atoms with Gasteiger partial charge in [-0.05, 0) is 88.3 Å². The van der Waals surface area contributed by atoms with Gasteiger partial charge in [0.15, 0.2) is 0 Å². The summed E-state index contributed by atoms with van der Waals surface area (Å²) in [5.41, 5.74) is 8.81. The summed E-state index contributed by atoms with van der Waals surface area (Å²) in [4.78, 5) is 16.6. The van der Waals surface area contributed by atoms with Gasteiger partial charge < -0.3 is 15.0 Å². The second-order valence-electron chi connectivity index (χ2n) is 11.2. The molecule has 2 fully saturated rings. The third kappa shape index (κ3) is 3.17. The van der Waals surface area contributed by atoms with Crippen molar-refractivity contribution in [1.29, 1.82) is 0 Å². The van der Waals surface area contributed by atoms with Crippen LogP contribution in [-0.2, 0) is 16.0 Å². The van der Waals surface area contributed by atoms with Crippen molar-refractivity contribution in [2.75, 3.05) is 6.54 Å². The summed E-state index contributed by atoms with van der Waals surface area (Å²) < 4.78 is 5.99. The normalized spacial score (nSPS) is 34.3. The molecule has 3 aliphatic carbocycles. The molecule has 2 N–H and O–H groups in total. The van der Waals surface area contributed by atoms with E-state index >= 15 is 0 Å². The first-order chi connectivity index (χ1) is 15.4. The zero-order valence-electron chi connectivity index (χ0n) is 19.7. The number of nitrogens with one attached hydrogen (secondary N) is 2. The molecule has 1 aliphatic heterocycles. The summed E-state index contributed by atoms with van der Waals surface area (Å²) >= 11 is 0. The molecule has 0 radical (unpaired) electrons. The van der Waals surface area contributed by atoms with Crippen molar-refractivity contribution in [3.05, 3.63) is 46.2 Å². The van der Waals surface area contributed by atoms with E-state index in [1.54, 1.807) is 11.1 Å². The molecule has 170 valence electrons. The molecule has 0 unspecified atom stereocenters. The first-order valence-corrected chi connectivity index (χ1v) is 12.7. The molecule has 2 heterocycles. The highest BCUT2D eigenvalue weighted by Crippen LogP contribution is 2.55. The second kappa shape index (κ2) is 7.48. The lowest BCUT2D eigenvalue weighted by Crippen LogP contribution is -2.41. The molecule has 4 nitrogen and oxygen atoms in total. The third-order valence-corrected chi connectivity index (χ3v) is 9.13. The van der Waals surface area contributed by atoms with Gasteiger partial charge in [0.25, 0.3) is 0 Å². The molecular formula is C28H36N2O2. The van der Waals surface area contributed by atoms with Crippen molar-refractivity contribution in [3.8, 4) is 0 Å². The average Bonchev–Trinajstić information content (AvgIpc) is 3.27. The highest BCUT2D eigenvalue weighted by atomic mass is 16.6. The molecule has 32 heavy (non-hydrogen) atoms. The van der Waals surface area contributed by atoms with E-state index < -0.39 is 0 Å². The van der Waals surface area contributed by atoms with Crippen molar-refractivity contribution in [1.82, 2.24) is 10.3 Å². The van der Waals surface area contributed by atoms with Gasteiger partial charge in [0.2, 0.25) is 0 Å². The number of aromatic amines is 1. The van der Waals surface area contributed by atoms with E-state index in [2.05, 4.69) is 49.3 Å². The number of carbonyl (C=O) groups is 1. The number of hydrogen-bond acceptors (Lipinski definition) is 3. The Kier molecular flexibility index (Phi) is 4.80. The number of ether oxygens (including phenoxy) is 1. The zero-order valence-corrected chi connectivity index (χ0v) is 19.7. The van der Waals surface area contributed by atoms with Crippen LogP contribution in [0.3, 0.4) is 0 Å². The molecule has 1 saturated heterocycles. The fraction of sp³-hybridized carbons (Fsp3) is 0.607. The Morgan fingerprint density at radius 1 is 1.22 bits per heavy atom. The molecule has 1 aromatic carbocycles. The Hall–Kier alpha value is -2.07. The average molecular weight is 433 g/mol. The molecule has 0 spiro atoms. The number of aryl methyl sites for hydroxylation is 2. The first-order valence-electron chi connectivity index (χ1n) is 12.7. The van der Waals surface area contributed by atoms with Gasteiger partial charge in [-0.1, -0.05) is 29.7 Å². The van der Waals surface area contributed by atoms with Gasteiger partial charge in [-0.2, -0.15) is 0 Å². The fourth-order valence-electron chi connectivity index (χ4n) is 7.40. The number of hydrogen-bond donors (Lipinski definition) is 2. The fourth-order valence-corrected chi connectivity index (χ4v) is 7.40. The minimum atomic E-state index is -0.0243.